The van der Waals surface area contributed by atoms with E-state index >= 15 is 4.79 Å². The molecule has 5 rings (SSSR count). The normalized spacial score (nSPS) is 20.5. The zero-order chi connectivity index (χ0) is 30.4. The van der Waals surface area contributed by atoms with E-state index in [9.17, 15) is 17.6 Å². The highest BCUT2D eigenvalue weighted by molar-refractivity contribution is 7.93. The van der Waals surface area contributed by atoms with Gasteiger partial charge in [0.15, 0.2) is 11.8 Å². The van der Waals surface area contributed by atoms with Crippen LogP contribution in [0.25, 0.3) is 0 Å². The van der Waals surface area contributed by atoms with E-state index in [0.717, 1.165) is 29.8 Å². The van der Waals surface area contributed by atoms with Crippen LogP contribution in [-0.4, -0.2) is 64.2 Å². The minimum atomic E-state index is -4.56. The molecule has 2 aliphatic heterocycles. The summed E-state index contributed by atoms with van der Waals surface area (Å²) in [4.78, 5) is 30.4. The third-order valence-electron chi connectivity index (χ3n) is 7.53. The summed E-state index contributed by atoms with van der Waals surface area (Å²) in [7, 11) is -0.0382. The maximum Gasteiger partial charge on any atom is 0.410 e. The molecular weight excluding hydrogens is 587 g/mol. The minimum Gasteiger partial charge on any atom is -0.496 e. The molecule has 10 nitrogen and oxygen atoms in total. The first-order valence-corrected chi connectivity index (χ1v) is 15.0. The summed E-state index contributed by atoms with van der Waals surface area (Å²) >= 11 is 6.49. The summed E-state index contributed by atoms with van der Waals surface area (Å²) < 4.78 is 54.3. The Morgan fingerprint density at radius 3 is 2.48 bits per heavy atom. The van der Waals surface area contributed by atoms with Gasteiger partial charge in [-0.25, -0.2) is 26.8 Å². The van der Waals surface area contributed by atoms with Crippen molar-refractivity contribution in [3.8, 4) is 5.75 Å². The van der Waals surface area contributed by atoms with Crippen molar-refractivity contribution in [3.63, 3.8) is 0 Å². The predicted molar refractivity (Wildman–Crippen MR) is 154 cm³/mol. The number of carbonyl (C=O) groups excluding carboxylic acids is 2. The van der Waals surface area contributed by atoms with Crippen molar-refractivity contribution in [2.75, 3.05) is 32.1 Å². The van der Waals surface area contributed by atoms with Crippen LogP contribution in [0.15, 0.2) is 65.6 Å². The molecular formula is C29H30ClFN4O6S. The fraction of sp³-hybridized carbons (Fsp3) is 0.310. The standard InChI is InChI=1S/C29H30ClFN4O6S/c1-33(2)28(37)41-26-5-4-14-34(26)29(22-12-6-18(17-32)15-25(22)40-3)23-16-19(30)7-13-24(23)35(27(29)36)42(38,39)21-10-8-20(31)9-11-21/h6-13,15-16,26H,4-5,14,17,32H2,1-3H3/t26-,29?/m0/s1. The van der Waals surface area contributed by atoms with E-state index in [0.29, 0.717) is 22.7 Å². The molecule has 0 bridgehead atoms. The van der Waals surface area contributed by atoms with E-state index in [4.69, 9.17) is 26.8 Å². The lowest BCUT2D eigenvalue weighted by molar-refractivity contribution is -0.132. The van der Waals surface area contributed by atoms with E-state index in [1.54, 1.807) is 37.2 Å². The Hall–Kier alpha value is -3.71. The van der Waals surface area contributed by atoms with Crippen molar-refractivity contribution >= 4 is 39.3 Å². The molecule has 2 amide bonds. The molecule has 0 spiro atoms. The SMILES string of the molecule is COc1cc(CN)ccc1C1(N2CCC[C@@H]2OC(=O)N(C)C)C(=O)N(S(=O)(=O)c2ccc(F)cc2)c2ccc(Cl)cc21. The number of hydrogen-bond donors (Lipinski definition) is 1. The van der Waals surface area contributed by atoms with E-state index in [1.807, 2.05) is 0 Å². The van der Waals surface area contributed by atoms with Gasteiger partial charge >= 0.3 is 6.09 Å². The maximum atomic E-state index is 15.0. The van der Waals surface area contributed by atoms with Gasteiger partial charge < -0.3 is 20.1 Å². The van der Waals surface area contributed by atoms with Crippen molar-refractivity contribution in [2.24, 2.45) is 5.73 Å². The number of ether oxygens (including phenoxy) is 2. The molecule has 1 unspecified atom stereocenters. The van der Waals surface area contributed by atoms with Gasteiger partial charge in [0.25, 0.3) is 15.9 Å². The van der Waals surface area contributed by atoms with Crippen molar-refractivity contribution in [1.82, 2.24) is 9.80 Å². The lowest BCUT2D eigenvalue weighted by Gasteiger charge is -2.41. The van der Waals surface area contributed by atoms with E-state index in [1.165, 1.54) is 30.2 Å². The third-order valence-corrected chi connectivity index (χ3v) is 9.48. The molecule has 3 aromatic rings. The number of methoxy groups -OCH3 is 1. The molecule has 1 saturated heterocycles. The molecule has 2 atom stereocenters. The van der Waals surface area contributed by atoms with Gasteiger partial charge in [0.05, 0.1) is 17.7 Å². The van der Waals surface area contributed by atoms with Gasteiger partial charge in [-0.2, -0.15) is 0 Å². The number of fused-ring (bicyclic) bond motifs is 1. The minimum absolute atomic E-state index is 0.0586. The van der Waals surface area contributed by atoms with Gasteiger partial charge in [0.2, 0.25) is 0 Å². The number of nitrogens with two attached hydrogens (primary N) is 1. The van der Waals surface area contributed by atoms with Gasteiger partial charge in [-0.3, -0.25) is 4.79 Å². The number of halogens is 2. The smallest absolute Gasteiger partial charge is 0.410 e. The van der Waals surface area contributed by atoms with Crippen LogP contribution in [0, 0.1) is 5.82 Å². The molecule has 1 fully saturated rings. The summed E-state index contributed by atoms with van der Waals surface area (Å²) in [5.41, 5.74) is 5.40. The quantitative estimate of drug-likeness (QED) is 0.422. The van der Waals surface area contributed by atoms with Gasteiger partial charge in [-0.15, -0.1) is 0 Å². The van der Waals surface area contributed by atoms with Crippen LogP contribution in [0.4, 0.5) is 14.9 Å². The lowest BCUT2D eigenvalue weighted by Crippen LogP contribution is -2.57. The second kappa shape index (κ2) is 11.2. The molecule has 0 aliphatic carbocycles. The van der Waals surface area contributed by atoms with Crippen LogP contribution < -0.4 is 14.8 Å². The molecule has 0 aromatic heterocycles. The Labute approximate surface area is 248 Å². The fourth-order valence-electron chi connectivity index (χ4n) is 5.62. The Balaban J connectivity index is 1.83. The first-order chi connectivity index (χ1) is 20.0. The molecule has 222 valence electrons. The summed E-state index contributed by atoms with van der Waals surface area (Å²) in [6.07, 6.45) is -0.592. The van der Waals surface area contributed by atoms with Gasteiger partial charge in [-0.05, 0) is 66.9 Å². The lowest BCUT2D eigenvalue weighted by atomic mass is 9.81. The van der Waals surface area contributed by atoms with Crippen LogP contribution in [0.5, 0.6) is 5.75 Å². The van der Waals surface area contributed by atoms with Crippen LogP contribution in [0.3, 0.4) is 0 Å². The van der Waals surface area contributed by atoms with E-state index < -0.39 is 39.6 Å². The van der Waals surface area contributed by atoms with Crippen molar-refractivity contribution < 1.29 is 31.9 Å². The monoisotopic (exact) mass is 616 g/mol. The molecule has 2 N–H and O–H groups in total. The highest BCUT2D eigenvalue weighted by Gasteiger charge is 2.62. The zero-order valence-corrected chi connectivity index (χ0v) is 24.8. The number of carbonyl (C=O) groups is 2. The zero-order valence-electron chi connectivity index (χ0n) is 23.2. The molecule has 2 aliphatic rings. The maximum absolute atomic E-state index is 15.0. The molecule has 0 radical (unpaired) electrons. The number of likely N-dealkylation sites (tertiary alicyclic amines) is 1. The van der Waals surface area contributed by atoms with E-state index in [-0.39, 0.29) is 40.0 Å². The molecule has 2 heterocycles. The van der Waals surface area contributed by atoms with Crippen LogP contribution in [0.2, 0.25) is 5.02 Å². The summed E-state index contributed by atoms with van der Waals surface area (Å²) in [6, 6.07) is 13.8. The van der Waals surface area contributed by atoms with Crippen molar-refractivity contribution in [2.45, 2.75) is 36.0 Å². The Morgan fingerprint density at radius 2 is 1.83 bits per heavy atom. The number of nitrogens with zero attached hydrogens (tertiary/aromatic N) is 3. The average molecular weight is 617 g/mol. The number of amides is 2. The summed E-state index contributed by atoms with van der Waals surface area (Å²) in [5.74, 6) is -1.20. The summed E-state index contributed by atoms with van der Waals surface area (Å²) in [5, 5.41) is 0.255. The van der Waals surface area contributed by atoms with Crippen molar-refractivity contribution in [1.29, 1.82) is 0 Å². The van der Waals surface area contributed by atoms with E-state index in [2.05, 4.69) is 0 Å². The van der Waals surface area contributed by atoms with Crippen LogP contribution in [0.1, 0.15) is 29.5 Å². The molecule has 13 heteroatoms. The number of sulfonamides is 1. The van der Waals surface area contributed by atoms with Gasteiger partial charge in [0.1, 0.15) is 11.6 Å². The third kappa shape index (κ3) is 4.68. The Bertz CT molecular complexity index is 1650. The van der Waals surface area contributed by atoms with Crippen molar-refractivity contribution in [3.05, 3.63) is 88.2 Å². The number of hydrogen-bond acceptors (Lipinski definition) is 8. The number of benzene rings is 3. The topological polar surface area (TPSA) is 122 Å². The second-order valence-corrected chi connectivity index (χ2v) is 12.4. The highest BCUT2D eigenvalue weighted by atomic mass is 35.5. The van der Waals surface area contributed by atoms with Gasteiger partial charge in [0, 0.05) is 43.3 Å². The largest absolute Gasteiger partial charge is 0.496 e. The Kier molecular flexibility index (Phi) is 7.92. The van der Waals surface area contributed by atoms with Gasteiger partial charge in [-0.1, -0.05) is 23.7 Å². The van der Waals surface area contributed by atoms with Crippen LogP contribution in [-0.2, 0) is 31.6 Å². The number of rotatable bonds is 7. The average Bonchev–Trinajstić information content (AvgIpc) is 3.52. The first kappa shape index (κ1) is 29.8. The molecule has 0 saturated carbocycles. The Morgan fingerprint density at radius 1 is 1.12 bits per heavy atom. The fourth-order valence-corrected chi connectivity index (χ4v) is 7.25. The second-order valence-electron chi connectivity index (χ2n) is 10.2. The molecule has 42 heavy (non-hydrogen) atoms. The first-order valence-electron chi connectivity index (χ1n) is 13.1. The predicted octanol–water partition coefficient (Wildman–Crippen LogP) is 4.05. The van der Waals surface area contributed by atoms with Crippen LogP contribution >= 0.6 is 11.6 Å². The highest BCUT2D eigenvalue weighted by Crippen LogP contribution is 2.55. The number of anilines is 1. The molecule has 3 aromatic carbocycles. The summed E-state index contributed by atoms with van der Waals surface area (Å²) in [6.45, 7) is 0.465.